The molecule has 0 radical (unpaired) electrons. The van der Waals surface area contributed by atoms with Crippen LogP contribution in [0, 0.1) is 16.0 Å². The number of likely N-dealkylation sites (tertiary alicyclic amines) is 1. The number of nitrogens with zero attached hydrogens (tertiary/aromatic N) is 2. The van der Waals surface area contributed by atoms with Gasteiger partial charge in [-0.3, -0.25) is 15.0 Å². The molecule has 23 heavy (non-hydrogen) atoms. The number of benzene rings is 1. The Labute approximate surface area is 143 Å². The molecular formula is C16H26ClN3O3. The molecule has 6 nitrogen and oxygen atoms in total. The minimum Gasteiger partial charge on any atom is -0.490 e. The smallest absolute Gasteiger partial charge is 0.311 e. The summed E-state index contributed by atoms with van der Waals surface area (Å²) in [6.45, 7) is 3.97. The minimum atomic E-state index is -0.383. The second-order valence-electron chi connectivity index (χ2n) is 5.88. The first kappa shape index (κ1) is 19.7. The minimum absolute atomic E-state index is 0. The molecule has 1 aliphatic heterocycles. The summed E-state index contributed by atoms with van der Waals surface area (Å²) < 4.78 is 5.04. The summed E-state index contributed by atoms with van der Waals surface area (Å²) in [6.07, 6.45) is 3.65. The number of hydrogen-bond acceptors (Lipinski definition) is 5. The summed E-state index contributed by atoms with van der Waals surface area (Å²) >= 11 is 0. The highest BCUT2D eigenvalue weighted by atomic mass is 35.5. The lowest BCUT2D eigenvalue weighted by molar-refractivity contribution is -0.385. The van der Waals surface area contributed by atoms with E-state index in [9.17, 15) is 10.1 Å². The molecule has 1 aromatic carbocycles. The van der Waals surface area contributed by atoms with Crippen molar-refractivity contribution in [2.24, 2.45) is 5.92 Å². The van der Waals surface area contributed by atoms with E-state index in [1.165, 1.54) is 26.4 Å². The number of rotatable bonds is 7. The normalized spacial score (nSPS) is 15.9. The zero-order valence-corrected chi connectivity index (χ0v) is 14.6. The van der Waals surface area contributed by atoms with E-state index >= 15 is 0 Å². The molecule has 0 aromatic heterocycles. The molecule has 0 amide bonds. The third kappa shape index (κ3) is 5.64. The standard InChI is InChI=1S/C16H25N3O3.ClH/c1-17-8-5-13-6-9-18(10-7-13)12-14-3-4-16(22-2)15(11-14)19(20)21;/h3-4,11,13,17H,5-10,12H2,1-2H3;1H. The van der Waals surface area contributed by atoms with Gasteiger partial charge in [0.25, 0.3) is 0 Å². The van der Waals surface area contributed by atoms with E-state index < -0.39 is 0 Å². The number of hydrogen-bond donors (Lipinski definition) is 1. The number of methoxy groups -OCH3 is 1. The molecule has 1 aliphatic rings. The fourth-order valence-corrected chi connectivity index (χ4v) is 3.02. The molecular weight excluding hydrogens is 318 g/mol. The van der Waals surface area contributed by atoms with E-state index in [1.54, 1.807) is 12.1 Å². The van der Waals surface area contributed by atoms with Crippen LogP contribution >= 0.6 is 12.4 Å². The molecule has 1 heterocycles. The van der Waals surface area contributed by atoms with Crippen LogP contribution < -0.4 is 10.1 Å². The molecule has 0 bridgehead atoms. The van der Waals surface area contributed by atoms with Crippen molar-refractivity contribution in [3.05, 3.63) is 33.9 Å². The van der Waals surface area contributed by atoms with Crippen molar-refractivity contribution in [3.63, 3.8) is 0 Å². The first-order valence-corrected chi connectivity index (χ1v) is 7.82. The van der Waals surface area contributed by atoms with Crippen LogP contribution in [-0.4, -0.2) is 43.6 Å². The Bertz CT molecular complexity index is 505. The van der Waals surface area contributed by atoms with Crippen molar-refractivity contribution in [1.82, 2.24) is 10.2 Å². The molecule has 1 fully saturated rings. The lowest BCUT2D eigenvalue weighted by atomic mass is 9.93. The van der Waals surface area contributed by atoms with Crippen LogP contribution in [0.5, 0.6) is 5.75 Å². The van der Waals surface area contributed by atoms with Crippen molar-refractivity contribution in [3.8, 4) is 5.75 Å². The molecule has 0 unspecified atom stereocenters. The van der Waals surface area contributed by atoms with Crippen molar-refractivity contribution in [2.75, 3.05) is 33.8 Å². The molecule has 0 spiro atoms. The van der Waals surface area contributed by atoms with Crippen molar-refractivity contribution < 1.29 is 9.66 Å². The maximum Gasteiger partial charge on any atom is 0.311 e. The number of ether oxygens (including phenoxy) is 1. The average Bonchev–Trinajstić information content (AvgIpc) is 2.54. The van der Waals surface area contributed by atoms with E-state index in [-0.39, 0.29) is 23.0 Å². The quantitative estimate of drug-likeness (QED) is 0.609. The van der Waals surface area contributed by atoms with Gasteiger partial charge in [0.1, 0.15) is 0 Å². The van der Waals surface area contributed by atoms with Gasteiger partial charge in [-0.15, -0.1) is 12.4 Å². The Hall–Kier alpha value is -1.37. The van der Waals surface area contributed by atoms with Crippen molar-refractivity contribution in [1.29, 1.82) is 0 Å². The molecule has 0 atom stereocenters. The predicted octanol–water partition coefficient (Wildman–Crippen LogP) is 2.85. The first-order valence-electron chi connectivity index (χ1n) is 7.82. The molecule has 7 heteroatoms. The van der Waals surface area contributed by atoms with E-state index in [0.717, 1.165) is 37.7 Å². The zero-order valence-electron chi connectivity index (χ0n) is 13.8. The van der Waals surface area contributed by atoms with Crippen LogP contribution in [0.3, 0.4) is 0 Å². The van der Waals surface area contributed by atoms with E-state index in [0.29, 0.717) is 5.75 Å². The van der Waals surface area contributed by atoms with Gasteiger partial charge < -0.3 is 10.1 Å². The van der Waals surface area contributed by atoms with Crippen molar-refractivity contribution >= 4 is 18.1 Å². The van der Waals surface area contributed by atoms with E-state index in [1.807, 2.05) is 13.1 Å². The van der Waals surface area contributed by atoms with Gasteiger partial charge >= 0.3 is 5.69 Å². The maximum absolute atomic E-state index is 11.1. The number of nitro groups is 1. The zero-order chi connectivity index (χ0) is 15.9. The molecule has 1 aromatic rings. The number of piperidine rings is 1. The molecule has 2 rings (SSSR count). The summed E-state index contributed by atoms with van der Waals surface area (Å²) in [7, 11) is 3.45. The lowest BCUT2D eigenvalue weighted by Gasteiger charge is -2.32. The molecule has 1 N–H and O–H groups in total. The molecule has 1 saturated heterocycles. The number of nitro benzene ring substituents is 1. The Balaban J connectivity index is 0.00000264. The highest BCUT2D eigenvalue weighted by molar-refractivity contribution is 5.85. The van der Waals surface area contributed by atoms with E-state index in [4.69, 9.17) is 4.74 Å². The summed E-state index contributed by atoms with van der Waals surface area (Å²) in [6, 6.07) is 5.23. The lowest BCUT2D eigenvalue weighted by Crippen LogP contribution is -2.34. The second kappa shape index (κ2) is 9.70. The third-order valence-electron chi connectivity index (χ3n) is 4.36. The summed E-state index contributed by atoms with van der Waals surface area (Å²) in [5.74, 6) is 1.12. The van der Waals surface area contributed by atoms with Gasteiger partial charge in [-0.2, -0.15) is 0 Å². The Morgan fingerprint density at radius 1 is 1.39 bits per heavy atom. The van der Waals surface area contributed by atoms with Gasteiger partial charge in [-0.1, -0.05) is 6.07 Å². The maximum atomic E-state index is 11.1. The average molecular weight is 344 g/mol. The van der Waals surface area contributed by atoms with Crippen LogP contribution in [0.1, 0.15) is 24.8 Å². The van der Waals surface area contributed by atoms with Crippen LogP contribution in [-0.2, 0) is 6.54 Å². The fourth-order valence-electron chi connectivity index (χ4n) is 3.02. The molecule has 0 saturated carbocycles. The monoisotopic (exact) mass is 343 g/mol. The van der Waals surface area contributed by atoms with Gasteiger partial charge in [0.2, 0.25) is 0 Å². The molecule has 130 valence electrons. The van der Waals surface area contributed by atoms with Gasteiger partial charge in [-0.25, -0.2) is 0 Å². The SMILES string of the molecule is CNCCC1CCN(Cc2ccc(OC)c([N+](=O)[O-])c2)CC1.Cl. The van der Waals surface area contributed by atoms with Crippen molar-refractivity contribution in [2.45, 2.75) is 25.8 Å². The Morgan fingerprint density at radius 2 is 2.09 bits per heavy atom. The summed E-state index contributed by atoms with van der Waals surface area (Å²) in [4.78, 5) is 13.1. The van der Waals surface area contributed by atoms with Crippen LogP contribution in [0.2, 0.25) is 0 Å². The Kier molecular flexibility index (Phi) is 8.30. The number of halogens is 1. The largest absolute Gasteiger partial charge is 0.490 e. The van der Waals surface area contributed by atoms with Gasteiger partial charge in [0, 0.05) is 12.6 Å². The number of nitrogens with one attached hydrogen (secondary N) is 1. The van der Waals surface area contributed by atoms with Crippen LogP contribution in [0.4, 0.5) is 5.69 Å². The summed E-state index contributed by atoms with van der Waals surface area (Å²) in [5, 5.41) is 14.3. The van der Waals surface area contributed by atoms with Gasteiger partial charge in [-0.05, 0) is 63.5 Å². The molecule has 0 aliphatic carbocycles. The summed E-state index contributed by atoms with van der Waals surface area (Å²) in [5.41, 5.74) is 1.02. The second-order valence-corrected chi connectivity index (χ2v) is 5.88. The highest BCUT2D eigenvalue weighted by Gasteiger charge is 2.20. The first-order chi connectivity index (χ1) is 10.6. The highest BCUT2D eigenvalue weighted by Crippen LogP contribution is 2.29. The van der Waals surface area contributed by atoms with Crippen LogP contribution in [0.15, 0.2) is 18.2 Å². The third-order valence-corrected chi connectivity index (χ3v) is 4.36. The van der Waals surface area contributed by atoms with Gasteiger partial charge in [0.05, 0.1) is 12.0 Å². The van der Waals surface area contributed by atoms with Gasteiger partial charge in [0.15, 0.2) is 5.75 Å². The fraction of sp³-hybridized carbons (Fsp3) is 0.625. The topological polar surface area (TPSA) is 67.6 Å². The Morgan fingerprint density at radius 3 is 2.65 bits per heavy atom. The van der Waals surface area contributed by atoms with E-state index in [2.05, 4.69) is 10.2 Å². The predicted molar refractivity (Wildman–Crippen MR) is 93.4 cm³/mol. The van der Waals surface area contributed by atoms with Crippen LogP contribution in [0.25, 0.3) is 0 Å².